The lowest BCUT2D eigenvalue weighted by atomic mass is 9.95. The van der Waals surface area contributed by atoms with Crippen LogP contribution in [0.3, 0.4) is 0 Å². The molecule has 1 unspecified atom stereocenters. The highest BCUT2D eigenvalue weighted by Crippen LogP contribution is 2.21. The first kappa shape index (κ1) is 17.2. The highest BCUT2D eigenvalue weighted by Gasteiger charge is 2.21. The Hall–Kier alpha value is -1.86. The first-order valence-electron chi connectivity index (χ1n) is 7.26. The molecule has 0 saturated heterocycles. The zero-order valence-corrected chi connectivity index (χ0v) is 13.2. The normalized spacial score (nSPS) is 13.6. The quantitative estimate of drug-likeness (QED) is 0.755. The lowest BCUT2D eigenvalue weighted by Gasteiger charge is -2.25. The number of carbonyl (C=O) groups excluding carboxylic acids is 1. The highest BCUT2D eigenvalue weighted by atomic mass is 16.3. The van der Waals surface area contributed by atoms with Crippen LogP contribution in [0.15, 0.2) is 18.2 Å². The van der Waals surface area contributed by atoms with Gasteiger partial charge in [-0.3, -0.25) is 4.79 Å². The van der Waals surface area contributed by atoms with E-state index in [9.17, 15) is 9.90 Å². The smallest absolute Gasteiger partial charge is 0.159 e. The van der Waals surface area contributed by atoms with Crippen molar-refractivity contribution in [2.45, 2.75) is 46.1 Å². The van der Waals surface area contributed by atoms with Gasteiger partial charge in [-0.1, -0.05) is 13.8 Å². The Balaban J connectivity index is 2.80. The van der Waals surface area contributed by atoms with Crippen molar-refractivity contribution in [1.82, 2.24) is 0 Å². The second kappa shape index (κ2) is 7.24. The fourth-order valence-electron chi connectivity index (χ4n) is 1.98. The van der Waals surface area contributed by atoms with Crippen LogP contribution in [0.4, 0.5) is 5.69 Å². The van der Waals surface area contributed by atoms with Crippen LogP contribution in [0.5, 0.6) is 0 Å². The van der Waals surface area contributed by atoms with Gasteiger partial charge < -0.3 is 10.4 Å². The summed E-state index contributed by atoms with van der Waals surface area (Å²) in [5, 5.41) is 22.6. The first-order chi connectivity index (χ1) is 9.75. The molecule has 114 valence electrons. The molecule has 1 rings (SSSR count). The number of nitriles is 1. The third kappa shape index (κ3) is 5.57. The van der Waals surface area contributed by atoms with Crippen molar-refractivity contribution in [1.29, 1.82) is 5.26 Å². The maximum Gasteiger partial charge on any atom is 0.159 e. The number of rotatable bonds is 7. The number of aliphatic hydroxyl groups is 1. The topological polar surface area (TPSA) is 73.1 Å². The van der Waals surface area contributed by atoms with E-state index >= 15 is 0 Å². The largest absolute Gasteiger partial charge is 0.388 e. The molecule has 0 aliphatic carbocycles. The number of anilines is 1. The summed E-state index contributed by atoms with van der Waals surface area (Å²) in [6.07, 6.45) is 1.62. The Morgan fingerprint density at radius 1 is 1.48 bits per heavy atom. The minimum Gasteiger partial charge on any atom is -0.388 e. The van der Waals surface area contributed by atoms with E-state index in [1.165, 1.54) is 6.92 Å². The van der Waals surface area contributed by atoms with E-state index in [0.717, 1.165) is 6.42 Å². The van der Waals surface area contributed by atoms with Gasteiger partial charge in [0.25, 0.3) is 0 Å². The molecule has 4 nitrogen and oxygen atoms in total. The van der Waals surface area contributed by atoms with Crippen molar-refractivity contribution < 1.29 is 9.90 Å². The minimum atomic E-state index is -0.844. The molecule has 0 heterocycles. The summed E-state index contributed by atoms with van der Waals surface area (Å²) < 4.78 is 0. The van der Waals surface area contributed by atoms with Crippen molar-refractivity contribution in [2.75, 3.05) is 11.9 Å². The van der Waals surface area contributed by atoms with Gasteiger partial charge in [0.05, 0.1) is 16.9 Å². The lowest BCUT2D eigenvalue weighted by Crippen LogP contribution is -2.34. The molecular formula is C17H24N2O2. The molecule has 4 heteroatoms. The van der Waals surface area contributed by atoms with Crippen molar-refractivity contribution in [3.8, 4) is 6.07 Å². The number of Topliss-reactive ketones (excluding diaryl/α,β-unsaturated/α-hetero) is 1. The Morgan fingerprint density at radius 3 is 2.67 bits per heavy atom. The van der Waals surface area contributed by atoms with E-state index in [2.05, 4.69) is 25.2 Å². The van der Waals surface area contributed by atoms with Gasteiger partial charge in [-0.25, -0.2) is 0 Å². The molecule has 2 N–H and O–H groups in total. The van der Waals surface area contributed by atoms with Gasteiger partial charge in [-0.15, -0.1) is 0 Å². The van der Waals surface area contributed by atoms with Gasteiger partial charge in [0.1, 0.15) is 6.07 Å². The van der Waals surface area contributed by atoms with E-state index < -0.39 is 5.60 Å². The fraction of sp³-hybridized carbons (Fsp3) is 0.529. The summed E-state index contributed by atoms with van der Waals surface area (Å²) in [6, 6.07) is 7.03. The van der Waals surface area contributed by atoms with Gasteiger partial charge in [-0.05, 0) is 50.8 Å². The summed E-state index contributed by atoms with van der Waals surface area (Å²) in [7, 11) is 0. The number of carbonyl (C=O) groups is 1. The van der Waals surface area contributed by atoms with Gasteiger partial charge in [0, 0.05) is 12.1 Å². The molecule has 21 heavy (non-hydrogen) atoms. The highest BCUT2D eigenvalue weighted by molar-refractivity contribution is 5.95. The number of ketones is 1. The van der Waals surface area contributed by atoms with Crippen molar-refractivity contribution in [3.63, 3.8) is 0 Å². The van der Waals surface area contributed by atoms with E-state index in [4.69, 9.17) is 5.26 Å². The predicted molar refractivity (Wildman–Crippen MR) is 84.3 cm³/mol. The van der Waals surface area contributed by atoms with Gasteiger partial charge in [0.15, 0.2) is 5.78 Å². The monoisotopic (exact) mass is 288 g/mol. The molecule has 0 radical (unpaired) electrons. The molecule has 0 aliphatic rings. The molecule has 1 atom stereocenters. The van der Waals surface area contributed by atoms with E-state index in [1.807, 2.05) is 0 Å². The summed E-state index contributed by atoms with van der Waals surface area (Å²) in [5.41, 5.74) is 0.774. The summed E-state index contributed by atoms with van der Waals surface area (Å²) >= 11 is 0. The second-order valence-corrected chi connectivity index (χ2v) is 6.21. The van der Waals surface area contributed by atoms with E-state index in [-0.39, 0.29) is 5.78 Å². The van der Waals surface area contributed by atoms with E-state index in [0.29, 0.717) is 35.7 Å². The molecule has 0 bridgehead atoms. The Labute approximate surface area is 126 Å². The number of nitrogens with one attached hydrogen (secondary N) is 1. The molecule has 0 aliphatic heterocycles. The number of hydrogen-bond acceptors (Lipinski definition) is 4. The first-order valence-corrected chi connectivity index (χ1v) is 7.26. The Bertz CT molecular complexity index is 542. The molecule has 1 aromatic rings. The molecule has 0 fully saturated rings. The molecule has 0 saturated carbocycles. The predicted octanol–water partition coefficient (Wildman–Crippen LogP) is 3.36. The third-order valence-corrected chi connectivity index (χ3v) is 3.47. The van der Waals surface area contributed by atoms with Crippen molar-refractivity contribution >= 4 is 11.5 Å². The van der Waals surface area contributed by atoms with Gasteiger partial charge in [0.2, 0.25) is 0 Å². The van der Waals surface area contributed by atoms with Crippen LogP contribution in [0.25, 0.3) is 0 Å². The molecule has 1 aromatic carbocycles. The van der Waals surface area contributed by atoms with Gasteiger partial charge in [-0.2, -0.15) is 5.26 Å². The molecule has 0 aromatic heterocycles. The fourth-order valence-corrected chi connectivity index (χ4v) is 1.98. The molecular weight excluding hydrogens is 264 g/mol. The third-order valence-electron chi connectivity index (χ3n) is 3.47. The summed E-state index contributed by atoms with van der Waals surface area (Å²) in [6.45, 7) is 7.85. The Kier molecular flexibility index (Phi) is 5.92. The maximum absolute atomic E-state index is 11.4. The second-order valence-electron chi connectivity index (χ2n) is 6.21. The number of benzene rings is 1. The van der Waals surface area contributed by atoms with Crippen LogP contribution in [0.1, 0.15) is 56.5 Å². The zero-order chi connectivity index (χ0) is 16.0. The SMILES string of the molecule is CC(=O)c1ccc(C#N)c(NCC(C)(O)CCC(C)C)c1. The minimum absolute atomic E-state index is 0.0471. The number of nitrogens with zero attached hydrogens (tertiary/aromatic N) is 1. The standard InChI is InChI=1S/C17H24N2O2/c1-12(2)7-8-17(4,21)11-19-16-9-14(13(3)20)5-6-15(16)10-18/h5-6,9,12,19,21H,7-8,11H2,1-4H3. The van der Waals surface area contributed by atoms with Crippen LogP contribution in [0, 0.1) is 17.2 Å². The molecule has 0 spiro atoms. The van der Waals surface area contributed by atoms with Crippen LogP contribution in [0.2, 0.25) is 0 Å². The summed E-state index contributed by atoms with van der Waals surface area (Å²) in [5.74, 6) is 0.487. The number of hydrogen-bond donors (Lipinski definition) is 2. The average Bonchev–Trinajstić information content (AvgIpc) is 2.42. The molecule has 0 amide bonds. The Morgan fingerprint density at radius 2 is 2.14 bits per heavy atom. The van der Waals surface area contributed by atoms with Gasteiger partial charge >= 0.3 is 0 Å². The van der Waals surface area contributed by atoms with Crippen molar-refractivity contribution in [3.05, 3.63) is 29.3 Å². The van der Waals surface area contributed by atoms with Crippen LogP contribution in [-0.4, -0.2) is 23.0 Å². The maximum atomic E-state index is 11.4. The average molecular weight is 288 g/mol. The summed E-state index contributed by atoms with van der Waals surface area (Å²) in [4.78, 5) is 11.4. The zero-order valence-electron chi connectivity index (χ0n) is 13.2. The van der Waals surface area contributed by atoms with E-state index in [1.54, 1.807) is 25.1 Å². The van der Waals surface area contributed by atoms with Crippen LogP contribution >= 0.6 is 0 Å². The van der Waals surface area contributed by atoms with Crippen molar-refractivity contribution in [2.24, 2.45) is 5.92 Å². The van der Waals surface area contributed by atoms with Crippen LogP contribution < -0.4 is 5.32 Å². The lowest BCUT2D eigenvalue weighted by molar-refractivity contribution is 0.0586. The van der Waals surface area contributed by atoms with Crippen LogP contribution in [-0.2, 0) is 0 Å².